The van der Waals surface area contributed by atoms with Crippen LogP contribution in [-0.2, 0) is 0 Å². The van der Waals surface area contributed by atoms with Crippen LogP contribution in [-0.4, -0.2) is 49.2 Å². The highest BCUT2D eigenvalue weighted by atomic mass is 19.4. The highest BCUT2D eigenvalue weighted by molar-refractivity contribution is 5.95. The number of rotatable bonds is 3. The molecule has 13 heteroatoms. The van der Waals surface area contributed by atoms with Crippen molar-refractivity contribution in [3.8, 4) is 0 Å². The molecule has 0 unspecified atom stereocenters. The van der Waals surface area contributed by atoms with Crippen molar-refractivity contribution >= 4 is 28.4 Å². The number of nitrogens with two attached hydrogens (primary N) is 2. The number of fused-ring (bicyclic) bond motifs is 3. The first-order valence-corrected chi connectivity index (χ1v) is 11.5. The summed E-state index contributed by atoms with van der Waals surface area (Å²) in [5.41, 5.74) is 11.3. The summed E-state index contributed by atoms with van der Waals surface area (Å²) in [5.74, 6) is -2.13. The van der Waals surface area contributed by atoms with Crippen LogP contribution < -0.4 is 11.5 Å². The van der Waals surface area contributed by atoms with Crippen molar-refractivity contribution in [1.29, 1.82) is 0 Å². The lowest BCUT2D eigenvalue weighted by atomic mass is 9.92. The highest BCUT2D eigenvalue weighted by Crippen LogP contribution is 2.33. The molecule has 0 radical (unpaired) electrons. The van der Waals surface area contributed by atoms with Gasteiger partial charge in [0.25, 0.3) is 5.91 Å². The molecule has 0 aliphatic carbocycles. The summed E-state index contributed by atoms with van der Waals surface area (Å²) in [6.07, 6.45) is -3.35. The second-order valence-electron chi connectivity index (χ2n) is 9.18. The SMILES string of the molecule is C[C@H]1CC[C@@H](c2nc3c4cc(F)cc(F)c4nc(N)n3n2)CN1C(=O)c1ccc([C@@H](N)C(F)(F)F)cc1. The third kappa shape index (κ3) is 4.43. The number of likely N-dealkylation sites (tertiary alicyclic amines) is 1. The van der Waals surface area contributed by atoms with Crippen LogP contribution in [0.4, 0.5) is 27.9 Å². The molecule has 2 aromatic heterocycles. The largest absolute Gasteiger partial charge is 0.407 e. The van der Waals surface area contributed by atoms with Crippen molar-refractivity contribution in [3.05, 3.63) is 65.0 Å². The standard InChI is InChI=1S/C24H22F5N7O/c1-11-2-3-14(10-35(11)22(37)13-6-4-12(5-7-13)19(30)24(27,28)29)20-33-21-16-8-15(25)9-17(26)18(16)32-23(31)36(21)34-20/h4-9,11,14,19H,2-3,10,30H2,1H3,(H2,31,32)/t11-,14+,19+/m0/s1. The van der Waals surface area contributed by atoms with Gasteiger partial charge in [0.15, 0.2) is 17.3 Å². The van der Waals surface area contributed by atoms with Gasteiger partial charge in [0.05, 0.1) is 5.39 Å². The summed E-state index contributed by atoms with van der Waals surface area (Å²) >= 11 is 0. The minimum atomic E-state index is -4.59. The molecule has 8 nitrogen and oxygen atoms in total. The zero-order valence-corrected chi connectivity index (χ0v) is 19.5. The smallest absolute Gasteiger partial charge is 0.368 e. The van der Waals surface area contributed by atoms with Crippen LogP contribution in [0.1, 0.15) is 53.5 Å². The molecule has 1 aliphatic heterocycles. The summed E-state index contributed by atoms with van der Waals surface area (Å²) in [7, 11) is 0. The predicted octanol–water partition coefficient (Wildman–Crippen LogP) is 4.11. The molecule has 0 spiro atoms. The molecule has 1 aliphatic rings. The van der Waals surface area contributed by atoms with E-state index in [9.17, 15) is 26.7 Å². The van der Waals surface area contributed by atoms with Crippen LogP contribution in [0, 0.1) is 11.6 Å². The van der Waals surface area contributed by atoms with E-state index in [0.29, 0.717) is 24.7 Å². The van der Waals surface area contributed by atoms with E-state index in [2.05, 4.69) is 15.1 Å². The van der Waals surface area contributed by atoms with E-state index in [4.69, 9.17) is 11.5 Å². The van der Waals surface area contributed by atoms with Crippen molar-refractivity contribution in [2.24, 2.45) is 5.73 Å². The second kappa shape index (κ2) is 8.91. The van der Waals surface area contributed by atoms with Crippen molar-refractivity contribution < 1.29 is 26.7 Å². The van der Waals surface area contributed by atoms with E-state index in [-0.39, 0.29) is 58.0 Å². The van der Waals surface area contributed by atoms with Gasteiger partial charge in [-0.3, -0.25) is 4.79 Å². The van der Waals surface area contributed by atoms with Gasteiger partial charge in [0, 0.05) is 30.1 Å². The van der Waals surface area contributed by atoms with Crippen molar-refractivity contribution in [2.45, 2.75) is 43.9 Å². The number of hydrogen-bond acceptors (Lipinski definition) is 6. The average molecular weight is 519 g/mol. The number of aromatic nitrogens is 4. The summed E-state index contributed by atoms with van der Waals surface area (Å²) in [6, 6.07) is 4.56. The van der Waals surface area contributed by atoms with Crippen molar-refractivity contribution in [3.63, 3.8) is 0 Å². The minimum absolute atomic E-state index is 0.111. The molecule has 2 aromatic carbocycles. The number of carbonyl (C=O) groups is 1. The van der Waals surface area contributed by atoms with Gasteiger partial charge in [0.1, 0.15) is 17.4 Å². The third-order valence-electron chi connectivity index (χ3n) is 6.71. The highest BCUT2D eigenvalue weighted by Gasteiger charge is 2.38. The summed E-state index contributed by atoms with van der Waals surface area (Å²) in [5, 5.41) is 4.52. The predicted molar refractivity (Wildman–Crippen MR) is 125 cm³/mol. The van der Waals surface area contributed by atoms with Gasteiger partial charge in [0.2, 0.25) is 5.95 Å². The number of hydrogen-bond donors (Lipinski definition) is 2. The zero-order chi connectivity index (χ0) is 26.6. The summed E-state index contributed by atoms with van der Waals surface area (Å²) in [4.78, 5) is 23.3. The number of amides is 1. The number of piperidine rings is 1. The zero-order valence-electron chi connectivity index (χ0n) is 19.5. The van der Waals surface area contributed by atoms with Crippen molar-refractivity contribution in [2.75, 3.05) is 12.3 Å². The Hall–Kier alpha value is -3.87. The monoisotopic (exact) mass is 519 g/mol. The van der Waals surface area contributed by atoms with E-state index in [1.807, 2.05) is 6.92 Å². The molecule has 194 valence electrons. The lowest BCUT2D eigenvalue weighted by molar-refractivity contribution is -0.149. The maximum atomic E-state index is 14.3. The van der Waals surface area contributed by atoms with Crippen LogP contribution in [0.5, 0.6) is 0 Å². The Balaban J connectivity index is 1.43. The van der Waals surface area contributed by atoms with E-state index >= 15 is 0 Å². The van der Waals surface area contributed by atoms with Gasteiger partial charge in [-0.1, -0.05) is 12.1 Å². The van der Waals surface area contributed by atoms with E-state index in [0.717, 1.165) is 6.07 Å². The van der Waals surface area contributed by atoms with Gasteiger partial charge in [-0.05, 0) is 43.5 Å². The van der Waals surface area contributed by atoms with Crippen LogP contribution >= 0.6 is 0 Å². The van der Waals surface area contributed by atoms with Crippen molar-refractivity contribution in [1.82, 2.24) is 24.5 Å². The van der Waals surface area contributed by atoms with Gasteiger partial charge in [-0.2, -0.15) is 17.7 Å². The minimum Gasteiger partial charge on any atom is -0.368 e. The number of halogens is 5. The Kier molecular flexibility index (Phi) is 5.97. The molecular formula is C24H22F5N7O. The number of carbonyl (C=O) groups excluding carboxylic acids is 1. The van der Waals surface area contributed by atoms with E-state index in [1.165, 1.54) is 28.8 Å². The third-order valence-corrected chi connectivity index (χ3v) is 6.71. The molecule has 3 heterocycles. The molecule has 0 saturated carbocycles. The van der Waals surface area contributed by atoms with E-state index in [1.54, 1.807) is 4.90 Å². The van der Waals surface area contributed by atoms with Gasteiger partial charge >= 0.3 is 6.18 Å². The Labute approximate surface area is 207 Å². The fourth-order valence-corrected chi connectivity index (χ4v) is 4.64. The molecule has 3 atom stereocenters. The molecule has 5 rings (SSSR count). The molecule has 1 amide bonds. The Morgan fingerprint density at radius 1 is 1.11 bits per heavy atom. The van der Waals surface area contributed by atoms with Gasteiger partial charge in [-0.25, -0.2) is 18.7 Å². The van der Waals surface area contributed by atoms with Crippen LogP contribution in [0.25, 0.3) is 16.6 Å². The van der Waals surface area contributed by atoms with Crippen LogP contribution in [0.3, 0.4) is 0 Å². The van der Waals surface area contributed by atoms with Crippen LogP contribution in [0.2, 0.25) is 0 Å². The molecule has 4 aromatic rings. The van der Waals surface area contributed by atoms with Gasteiger partial charge in [-0.15, -0.1) is 5.10 Å². The maximum Gasteiger partial charge on any atom is 0.407 e. The second-order valence-corrected chi connectivity index (χ2v) is 9.18. The number of anilines is 1. The first-order chi connectivity index (χ1) is 17.4. The number of nitrogen functional groups attached to an aromatic ring is 1. The van der Waals surface area contributed by atoms with Gasteiger partial charge < -0.3 is 16.4 Å². The summed E-state index contributed by atoms with van der Waals surface area (Å²) in [6.45, 7) is 2.11. The molecule has 4 N–H and O–H groups in total. The Morgan fingerprint density at radius 3 is 2.49 bits per heavy atom. The number of alkyl halides is 3. The fourth-order valence-electron chi connectivity index (χ4n) is 4.64. The maximum absolute atomic E-state index is 14.3. The molecular weight excluding hydrogens is 497 g/mol. The Bertz CT molecular complexity index is 1500. The Morgan fingerprint density at radius 2 is 1.81 bits per heavy atom. The average Bonchev–Trinajstić information content (AvgIpc) is 3.30. The molecule has 1 saturated heterocycles. The lowest BCUT2D eigenvalue weighted by Crippen LogP contribution is -2.45. The molecule has 1 fully saturated rings. The van der Waals surface area contributed by atoms with Crippen LogP contribution in [0.15, 0.2) is 36.4 Å². The first kappa shape index (κ1) is 24.8. The molecule has 37 heavy (non-hydrogen) atoms. The molecule has 0 bridgehead atoms. The topological polar surface area (TPSA) is 115 Å². The quantitative estimate of drug-likeness (QED) is 0.394. The number of nitrogens with zero attached hydrogens (tertiary/aromatic N) is 5. The van der Waals surface area contributed by atoms with E-state index < -0.39 is 23.9 Å². The lowest BCUT2D eigenvalue weighted by Gasteiger charge is -2.37. The first-order valence-electron chi connectivity index (χ1n) is 11.5. The fraction of sp³-hybridized carbons (Fsp3) is 0.333. The summed E-state index contributed by atoms with van der Waals surface area (Å²) < 4.78 is 68.1. The number of benzene rings is 2. The normalized spacial score (nSPS) is 19.5.